The fraction of sp³-hybridized carbons (Fsp3) is 0.400. The Labute approximate surface area is 114 Å². The number of hydrogen-bond donors (Lipinski definition) is 3. The second-order valence-corrected chi connectivity index (χ2v) is 4.97. The average Bonchev–Trinajstić information content (AvgIpc) is 2.42. The standard InChI is InChI=1S/C15H22N4/c1-7-8(2)13(16)9(3)11-10(4)14(17-5)19-15(18-6)12(7)11/h16H2,1-6H3,(H2,17,18,19). The summed E-state index contributed by atoms with van der Waals surface area (Å²) in [6.07, 6.45) is 0. The summed E-state index contributed by atoms with van der Waals surface area (Å²) >= 11 is 0. The minimum Gasteiger partial charge on any atom is -0.398 e. The van der Waals surface area contributed by atoms with Crippen LogP contribution >= 0.6 is 0 Å². The Bertz CT molecular complexity index is 659. The molecule has 2 aromatic rings. The molecule has 1 aromatic heterocycles. The highest BCUT2D eigenvalue weighted by Crippen LogP contribution is 2.38. The molecule has 0 atom stereocenters. The Kier molecular flexibility index (Phi) is 3.27. The van der Waals surface area contributed by atoms with Crippen LogP contribution in [0.4, 0.5) is 17.3 Å². The molecule has 0 saturated carbocycles. The number of benzene rings is 1. The van der Waals surface area contributed by atoms with Crippen molar-refractivity contribution in [3.05, 3.63) is 22.3 Å². The third-order valence-corrected chi connectivity index (χ3v) is 4.03. The number of nitrogens with one attached hydrogen (secondary N) is 2. The summed E-state index contributed by atoms with van der Waals surface area (Å²) in [6.45, 7) is 8.34. The molecule has 0 aliphatic heterocycles. The topological polar surface area (TPSA) is 63.0 Å². The van der Waals surface area contributed by atoms with Crippen LogP contribution in [0, 0.1) is 27.7 Å². The predicted octanol–water partition coefficient (Wildman–Crippen LogP) is 3.13. The molecular formula is C15H22N4. The molecule has 4 N–H and O–H groups in total. The Hall–Kier alpha value is -1.97. The minimum atomic E-state index is 0.878. The van der Waals surface area contributed by atoms with Gasteiger partial charge in [0.1, 0.15) is 11.6 Å². The number of nitrogen functional groups attached to an aromatic ring is 1. The molecule has 0 saturated heterocycles. The van der Waals surface area contributed by atoms with Crippen LogP contribution in [0.15, 0.2) is 0 Å². The monoisotopic (exact) mass is 258 g/mol. The van der Waals surface area contributed by atoms with Crippen LogP contribution in [-0.2, 0) is 0 Å². The summed E-state index contributed by atoms with van der Waals surface area (Å²) in [4.78, 5) is 4.65. The molecule has 0 aliphatic rings. The average molecular weight is 258 g/mol. The van der Waals surface area contributed by atoms with Crippen LogP contribution in [0.2, 0.25) is 0 Å². The van der Waals surface area contributed by atoms with E-state index in [9.17, 15) is 0 Å². The molecule has 1 aromatic carbocycles. The predicted molar refractivity (Wildman–Crippen MR) is 84.2 cm³/mol. The third kappa shape index (κ3) is 1.79. The van der Waals surface area contributed by atoms with Crippen molar-refractivity contribution >= 4 is 28.1 Å². The lowest BCUT2D eigenvalue weighted by Gasteiger charge is -2.19. The Morgan fingerprint density at radius 3 is 1.84 bits per heavy atom. The summed E-state index contributed by atoms with van der Waals surface area (Å²) in [5.74, 6) is 1.79. The summed E-state index contributed by atoms with van der Waals surface area (Å²) in [5, 5.41) is 8.71. The highest BCUT2D eigenvalue weighted by atomic mass is 15.0. The van der Waals surface area contributed by atoms with E-state index in [0.717, 1.165) is 34.0 Å². The van der Waals surface area contributed by atoms with E-state index in [1.54, 1.807) is 0 Å². The molecule has 4 heteroatoms. The van der Waals surface area contributed by atoms with E-state index in [0.29, 0.717) is 0 Å². The van der Waals surface area contributed by atoms with Crippen molar-refractivity contribution in [1.29, 1.82) is 0 Å². The Morgan fingerprint density at radius 1 is 0.737 bits per heavy atom. The molecule has 0 unspecified atom stereocenters. The van der Waals surface area contributed by atoms with Crippen molar-refractivity contribution in [3.63, 3.8) is 0 Å². The number of rotatable bonds is 2. The van der Waals surface area contributed by atoms with Crippen molar-refractivity contribution in [2.24, 2.45) is 0 Å². The number of nitrogens with two attached hydrogens (primary N) is 1. The fourth-order valence-corrected chi connectivity index (χ4v) is 2.74. The fourth-order valence-electron chi connectivity index (χ4n) is 2.74. The molecule has 2 rings (SSSR count). The van der Waals surface area contributed by atoms with Gasteiger partial charge in [-0.15, -0.1) is 0 Å². The number of pyridine rings is 1. The molecule has 0 fully saturated rings. The van der Waals surface area contributed by atoms with Gasteiger partial charge in [-0.25, -0.2) is 4.98 Å². The number of aryl methyl sites for hydroxylation is 3. The SMILES string of the molecule is CNc1nc(NC)c2c(C)c(C)c(N)c(C)c2c1C. The molecule has 4 nitrogen and oxygen atoms in total. The Morgan fingerprint density at radius 2 is 1.32 bits per heavy atom. The van der Waals surface area contributed by atoms with Gasteiger partial charge in [0.05, 0.1) is 0 Å². The lowest BCUT2D eigenvalue weighted by Crippen LogP contribution is -2.06. The van der Waals surface area contributed by atoms with Crippen molar-refractivity contribution in [1.82, 2.24) is 4.98 Å². The first-order valence-electron chi connectivity index (χ1n) is 6.49. The van der Waals surface area contributed by atoms with Crippen LogP contribution in [0.1, 0.15) is 22.3 Å². The zero-order chi connectivity index (χ0) is 14.3. The van der Waals surface area contributed by atoms with Gasteiger partial charge in [-0.3, -0.25) is 0 Å². The summed E-state index contributed by atoms with van der Waals surface area (Å²) in [7, 11) is 3.79. The first-order valence-corrected chi connectivity index (χ1v) is 6.49. The first-order chi connectivity index (χ1) is 8.93. The van der Waals surface area contributed by atoms with Crippen molar-refractivity contribution in [2.75, 3.05) is 30.5 Å². The van der Waals surface area contributed by atoms with Crippen LogP contribution in [0.25, 0.3) is 10.8 Å². The van der Waals surface area contributed by atoms with Gasteiger partial charge in [0.2, 0.25) is 0 Å². The maximum atomic E-state index is 6.24. The highest BCUT2D eigenvalue weighted by Gasteiger charge is 2.17. The normalized spacial score (nSPS) is 10.8. The quantitative estimate of drug-likeness (QED) is 0.724. The van der Waals surface area contributed by atoms with Crippen LogP contribution in [-0.4, -0.2) is 19.1 Å². The third-order valence-electron chi connectivity index (χ3n) is 4.03. The number of hydrogen-bond acceptors (Lipinski definition) is 4. The van der Waals surface area contributed by atoms with Gasteiger partial charge in [0.25, 0.3) is 0 Å². The van der Waals surface area contributed by atoms with Gasteiger partial charge in [-0.2, -0.15) is 0 Å². The number of anilines is 3. The zero-order valence-electron chi connectivity index (χ0n) is 12.5. The zero-order valence-corrected chi connectivity index (χ0v) is 12.5. The number of fused-ring (bicyclic) bond motifs is 1. The lowest BCUT2D eigenvalue weighted by atomic mass is 9.92. The summed E-state index contributed by atoms with van der Waals surface area (Å²) in [5.41, 5.74) is 11.7. The first kappa shape index (κ1) is 13.5. The largest absolute Gasteiger partial charge is 0.398 e. The maximum Gasteiger partial charge on any atom is 0.136 e. The van der Waals surface area contributed by atoms with Gasteiger partial charge in [-0.05, 0) is 55.3 Å². The minimum absolute atomic E-state index is 0.878. The number of aromatic nitrogens is 1. The number of nitrogens with zero attached hydrogens (tertiary/aromatic N) is 1. The maximum absolute atomic E-state index is 6.24. The Balaban J connectivity index is 3.10. The van der Waals surface area contributed by atoms with Crippen molar-refractivity contribution in [2.45, 2.75) is 27.7 Å². The van der Waals surface area contributed by atoms with Gasteiger partial charge >= 0.3 is 0 Å². The molecule has 102 valence electrons. The lowest BCUT2D eigenvalue weighted by molar-refractivity contribution is 1.23. The smallest absolute Gasteiger partial charge is 0.136 e. The van der Waals surface area contributed by atoms with E-state index in [1.807, 2.05) is 14.1 Å². The molecule has 0 bridgehead atoms. The van der Waals surface area contributed by atoms with E-state index in [1.165, 1.54) is 16.3 Å². The van der Waals surface area contributed by atoms with E-state index in [-0.39, 0.29) is 0 Å². The van der Waals surface area contributed by atoms with E-state index in [2.05, 4.69) is 43.3 Å². The van der Waals surface area contributed by atoms with E-state index >= 15 is 0 Å². The van der Waals surface area contributed by atoms with E-state index in [4.69, 9.17) is 5.73 Å². The van der Waals surface area contributed by atoms with Crippen LogP contribution in [0.5, 0.6) is 0 Å². The molecule has 0 spiro atoms. The molecule has 0 amide bonds. The van der Waals surface area contributed by atoms with Crippen LogP contribution in [0.3, 0.4) is 0 Å². The van der Waals surface area contributed by atoms with Gasteiger partial charge < -0.3 is 16.4 Å². The van der Waals surface area contributed by atoms with Gasteiger partial charge in [0.15, 0.2) is 0 Å². The van der Waals surface area contributed by atoms with Crippen LogP contribution < -0.4 is 16.4 Å². The molecule has 0 radical (unpaired) electrons. The van der Waals surface area contributed by atoms with Crippen molar-refractivity contribution in [3.8, 4) is 0 Å². The molecule has 0 aliphatic carbocycles. The van der Waals surface area contributed by atoms with Gasteiger partial charge in [-0.1, -0.05) is 0 Å². The van der Waals surface area contributed by atoms with Crippen molar-refractivity contribution < 1.29 is 0 Å². The molecule has 1 heterocycles. The second-order valence-electron chi connectivity index (χ2n) is 4.97. The molecular weight excluding hydrogens is 236 g/mol. The highest BCUT2D eigenvalue weighted by molar-refractivity contribution is 6.04. The summed E-state index contributed by atoms with van der Waals surface area (Å²) in [6, 6.07) is 0. The van der Waals surface area contributed by atoms with E-state index < -0.39 is 0 Å². The molecule has 19 heavy (non-hydrogen) atoms. The second kappa shape index (κ2) is 4.61. The van der Waals surface area contributed by atoms with Gasteiger partial charge in [0, 0.05) is 25.2 Å². The summed E-state index contributed by atoms with van der Waals surface area (Å²) < 4.78 is 0.